The summed E-state index contributed by atoms with van der Waals surface area (Å²) in [6, 6.07) is 6.34. The Morgan fingerprint density at radius 3 is 2.53 bits per heavy atom. The van der Waals surface area contributed by atoms with E-state index in [4.69, 9.17) is 0 Å². The van der Waals surface area contributed by atoms with Gasteiger partial charge in [0.05, 0.1) is 0 Å². The Hall–Kier alpha value is -0.540. The van der Waals surface area contributed by atoms with E-state index in [-0.39, 0.29) is 5.54 Å². The van der Waals surface area contributed by atoms with Crippen LogP contribution in [0.2, 0.25) is 0 Å². The van der Waals surface area contributed by atoms with E-state index < -0.39 is 0 Å². The van der Waals surface area contributed by atoms with Crippen LogP contribution in [-0.2, 0) is 0 Å². The lowest BCUT2D eigenvalue weighted by Gasteiger charge is -2.28. The van der Waals surface area contributed by atoms with Gasteiger partial charge in [-0.3, -0.25) is 0 Å². The molecule has 15 heavy (non-hydrogen) atoms. The van der Waals surface area contributed by atoms with Crippen LogP contribution < -0.4 is 10.6 Å². The first-order chi connectivity index (χ1) is 6.94. The van der Waals surface area contributed by atoms with Crippen molar-refractivity contribution in [2.24, 2.45) is 0 Å². The van der Waals surface area contributed by atoms with Gasteiger partial charge in [0, 0.05) is 22.2 Å². The minimum Gasteiger partial charge on any atom is -0.378 e. The largest absolute Gasteiger partial charge is 0.378 e. The lowest BCUT2D eigenvalue weighted by Crippen LogP contribution is -2.40. The average Bonchev–Trinajstić information content (AvgIpc) is 2.09. The Bertz CT molecular complexity index is 334. The molecular weight excluding hydrogens is 252 g/mol. The average molecular weight is 271 g/mol. The molecule has 0 radical (unpaired) electrons. The van der Waals surface area contributed by atoms with Crippen molar-refractivity contribution >= 4 is 21.6 Å². The fourth-order valence-corrected chi connectivity index (χ4v) is 2.16. The Morgan fingerprint density at radius 2 is 2.00 bits per heavy atom. The van der Waals surface area contributed by atoms with Crippen LogP contribution in [0.4, 0.5) is 5.69 Å². The van der Waals surface area contributed by atoms with Crippen molar-refractivity contribution in [3.63, 3.8) is 0 Å². The predicted molar refractivity (Wildman–Crippen MR) is 70.5 cm³/mol. The molecule has 0 aliphatic heterocycles. The first-order valence-electron chi connectivity index (χ1n) is 5.13. The van der Waals surface area contributed by atoms with E-state index in [2.05, 4.69) is 65.5 Å². The van der Waals surface area contributed by atoms with E-state index in [0.29, 0.717) is 0 Å². The molecule has 0 amide bonds. The molecule has 0 bridgehead atoms. The van der Waals surface area contributed by atoms with Crippen molar-refractivity contribution in [3.8, 4) is 0 Å². The maximum absolute atomic E-state index is 3.57. The van der Waals surface area contributed by atoms with Crippen molar-refractivity contribution in [1.82, 2.24) is 5.32 Å². The first-order valence-corrected chi connectivity index (χ1v) is 5.93. The number of anilines is 1. The van der Waals surface area contributed by atoms with E-state index in [1.807, 2.05) is 7.05 Å². The van der Waals surface area contributed by atoms with Crippen LogP contribution in [0.15, 0.2) is 22.7 Å². The lowest BCUT2D eigenvalue weighted by molar-refractivity contribution is 0.530. The summed E-state index contributed by atoms with van der Waals surface area (Å²) < 4.78 is 1.12. The molecule has 1 rings (SSSR count). The highest BCUT2D eigenvalue weighted by molar-refractivity contribution is 9.10. The lowest BCUT2D eigenvalue weighted by atomic mass is 10.1. The van der Waals surface area contributed by atoms with Gasteiger partial charge in [0.15, 0.2) is 0 Å². The van der Waals surface area contributed by atoms with E-state index in [1.54, 1.807) is 0 Å². The topological polar surface area (TPSA) is 24.1 Å². The van der Waals surface area contributed by atoms with E-state index in [0.717, 1.165) is 16.7 Å². The molecule has 0 aromatic heterocycles. The second kappa shape index (κ2) is 4.99. The summed E-state index contributed by atoms with van der Waals surface area (Å²) in [5, 5.41) is 6.69. The summed E-state index contributed by atoms with van der Waals surface area (Å²) in [4.78, 5) is 0. The third-order valence-electron chi connectivity index (χ3n) is 2.22. The Kier molecular flexibility index (Phi) is 4.17. The van der Waals surface area contributed by atoms with Gasteiger partial charge >= 0.3 is 0 Å². The zero-order chi connectivity index (χ0) is 11.5. The van der Waals surface area contributed by atoms with Crippen LogP contribution in [-0.4, -0.2) is 19.1 Å². The maximum Gasteiger partial charge on any atom is 0.0489 e. The molecule has 0 atom stereocenters. The van der Waals surface area contributed by atoms with Crippen LogP contribution in [0.5, 0.6) is 0 Å². The molecule has 1 aromatic rings. The molecule has 3 heteroatoms. The van der Waals surface area contributed by atoms with Crippen LogP contribution in [0.3, 0.4) is 0 Å². The monoisotopic (exact) mass is 270 g/mol. The second-order valence-corrected chi connectivity index (χ2v) is 5.38. The van der Waals surface area contributed by atoms with Gasteiger partial charge in [-0.1, -0.05) is 6.07 Å². The second-order valence-electron chi connectivity index (χ2n) is 4.52. The number of rotatable bonds is 4. The Morgan fingerprint density at radius 1 is 1.33 bits per heavy atom. The first kappa shape index (κ1) is 12.5. The van der Waals surface area contributed by atoms with Gasteiger partial charge in [0.1, 0.15) is 0 Å². The van der Waals surface area contributed by atoms with Gasteiger partial charge < -0.3 is 10.6 Å². The minimum atomic E-state index is 0.0481. The number of aryl methyl sites for hydroxylation is 1. The molecule has 0 unspecified atom stereocenters. The third-order valence-corrected chi connectivity index (χ3v) is 2.87. The van der Waals surface area contributed by atoms with Gasteiger partial charge in [-0.05, 0) is 61.4 Å². The van der Waals surface area contributed by atoms with E-state index in [1.165, 1.54) is 5.56 Å². The number of nitrogens with one attached hydrogen (secondary N) is 2. The summed E-state index contributed by atoms with van der Waals surface area (Å²) in [6.07, 6.45) is 0. The molecule has 0 heterocycles. The molecular formula is C12H19BrN2. The van der Waals surface area contributed by atoms with Crippen molar-refractivity contribution in [1.29, 1.82) is 0 Å². The molecule has 2 N–H and O–H groups in total. The highest BCUT2D eigenvalue weighted by atomic mass is 79.9. The Balaban J connectivity index is 2.80. The fraction of sp³-hybridized carbons (Fsp3) is 0.500. The highest BCUT2D eigenvalue weighted by Gasteiger charge is 2.16. The van der Waals surface area contributed by atoms with Gasteiger partial charge in [-0.2, -0.15) is 0 Å². The van der Waals surface area contributed by atoms with Gasteiger partial charge in [0.2, 0.25) is 0 Å². The normalized spacial score (nSPS) is 11.5. The standard InChI is InChI=1S/C12H19BrN2/c1-9-5-6-11(10(13)7-9)15-12(2,3)8-14-4/h5-7,14-15H,8H2,1-4H3. The molecule has 0 aliphatic rings. The number of hydrogen-bond acceptors (Lipinski definition) is 2. The molecule has 0 saturated carbocycles. The molecule has 0 saturated heterocycles. The zero-order valence-corrected chi connectivity index (χ0v) is 11.4. The van der Waals surface area contributed by atoms with Gasteiger partial charge in [-0.15, -0.1) is 0 Å². The maximum atomic E-state index is 3.57. The van der Waals surface area contributed by atoms with Crippen molar-refractivity contribution in [3.05, 3.63) is 28.2 Å². The number of hydrogen-bond donors (Lipinski definition) is 2. The summed E-state index contributed by atoms with van der Waals surface area (Å²) >= 11 is 3.57. The predicted octanol–water partition coefficient (Wildman–Crippen LogP) is 3.17. The minimum absolute atomic E-state index is 0.0481. The number of benzene rings is 1. The van der Waals surface area contributed by atoms with Crippen LogP contribution in [0, 0.1) is 6.92 Å². The molecule has 0 aliphatic carbocycles. The number of likely N-dealkylation sites (N-methyl/N-ethyl adjacent to an activating group) is 1. The summed E-state index contributed by atoms with van der Waals surface area (Å²) in [7, 11) is 1.97. The van der Waals surface area contributed by atoms with Crippen LogP contribution in [0.1, 0.15) is 19.4 Å². The van der Waals surface area contributed by atoms with Crippen LogP contribution in [0.25, 0.3) is 0 Å². The summed E-state index contributed by atoms with van der Waals surface area (Å²) in [6.45, 7) is 7.37. The Labute approximate surface area is 101 Å². The van der Waals surface area contributed by atoms with E-state index in [9.17, 15) is 0 Å². The SMILES string of the molecule is CNCC(C)(C)Nc1ccc(C)cc1Br. The quantitative estimate of drug-likeness (QED) is 0.879. The summed E-state index contributed by atoms with van der Waals surface area (Å²) in [5.74, 6) is 0. The third kappa shape index (κ3) is 3.84. The molecule has 2 nitrogen and oxygen atoms in total. The zero-order valence-electron chi connectivity index (χ0n) is 9.82. The fourth-order valence-electron chi connectivity index (χ4n) is 1.57. The highest BCUT2D eigenvalue weighted by Crippen LogP contribution is 2.26. The van der Waals surface area contributed by atoms with Crippen molar-refractivity contribution in [2.75, 3.05) is 18.9 Å². The summed E-state index contributed by atoms with van der Waals surface area (Å²) in [5.41, 5.74) is 2.45. The smallest absolute Gasteiger partial charge is 0.0489 e. The molecule has 84 valence electrons. The van der Waals surface area contributed by atoms with E-state index >= 15 is 0 Å². The van der Waals surface area contributed by atoms with Crippen molar-refractivity contribution < 1.29 is 0 Å². The van der Waals surface area contributed by atoms with Gasteiger partial charge in [0.25, 0.3) is 0 Å². The molecule has 0 spiro atoms. The molecule has 0 fully saturated rings. The van der Waals surface area contributed by atoms with Crippen LogP contribution >= 0.6 is 15.9 Å². The molecule has 1 aromatic carbocycles. The van der Waals surface area contributed by atoms with Crippen molar-refractivity contribution in [2.45, 2.75) is 26.3 Å². The van der Waals surface area contributed by atoms with Gasteiger partial charge in [-0.25, -0.2) is 0 Å². The number of halogens is 1.